The Morgan fingerprint density at radius 2 is 2.11 bits per heavy atom. The summed E-state index contributed by atoms with van der Waals surface area (Å²) in [5, 5.41) is 22.6. The summed E-state index contributed by atoms with van der Waals surface area (Å²) in [5.74, 6) is -0.687. The van der Waals surface area contributed by atoms with E-state index < -0.39 is 22.2 Å². The number of halogens is 1. The predicted octanol–water partition coefficient (Wildman–Crippen LogP) is 2.58. The molecule has 0 atom stereocenters. The zero-order valence-corrected chi connectivity index (χ0v) is 9.00. The van der Waals surface area contributed by atoms with Crippen LogP contribution in [-0.4, -0.2) is 15.0 Å². The van der Waals surface area contributed by atoms with Crippen LogP contribution in [0.15, 0.2) is 36.5 Å². The number of phenolic OH excluding ortho intramolecular Hbond substituents is 1. The number of rotatable bonds is 3. The first-order chi connectivity index (χ1) is 8.56. The Balaban J connectivity index is 2.30. The summed E-state index contributed by atoms with van der Waals surface area (Å²) < 4.78 is 12.9. The fraction of sp³-hybridized carbons (Fsp3) is 0. The lowest BCUT2D eigenvalue weighted by atomic mass is 10.2. The molecule has 2 N–H and O–H groups in total. The number of aromatic hydroxyl groups is 1. The first kappa shape index (κ1) is 11.8. The van der Waals surface area contributed by atoms with Crippen molar-refractivity contribution in [1.29, 1.82) is 0 Å². The highest BCUT2D eigenvalue weighted by atomic mass is 19.1. The Morgan fingerprint density at radius 3 is 2.78 bits per heavy atom. The van der Waals surface area contributed by atoms with Gasteiger partial charge in [0, 0.05) is 24.0 Å². The summed E-state index contributed by atoms with van der Waals surface area (Å²) in [6.07, 6.45) is 1.27. The Hall–Kier alpha value is -2.70. The lowest BCUT2D eigenvalue weighted by Crippen LogP contribution is -1.95. The molecule has 18 heavy (non-hydrogen) atoms. The van der Waals surface area contributed by atoms with Crippen LogP contribution >= 0.6 is 0 Å². The highest BCUT2D eigenvalue weighted by Crippen LogP contribution is 2.29. The van der Waals surface area contributed by atoms with Crippen molar-refractivity contribution < 1.29 is 14.4 Å². The molecule has 0 saturated carbocycles. The molecule has 6 nitrogen and oxygen atoms in total. The Kier molecular flexibility index (Phi) is 3.05. The van der Waals surface area contributed by atoms with E-state index in [4.69, 9.17) is 0 Å². The van der Waals surface area contributed by atoms with Crippen molar-refractivity contribution in [1.82, 2.24) is 4.98 Å². The molecular formula is C11H8FN3O3. The third-order valence-electron chi connectivity index (χ3n) is 2.17. The zero-order valence-electron chi connectivity index (χ0n) is 9.00. The number of benzene rings is 1. The van der Waals surface area contributed by atoms with Crippen LogP contribution in [0.4, 0.5) is 21.6 Å². The first-order valence-electron chi connectivity index (χ1n) is 4.92. The van der Waals surface area contributed by atoms with Gasteiger partial charge in [-0.05, 0) is 18.2 Å². The molecule has 0 aliphatic heterocycles. The third-order valence-corrected chi connectivity index (χ3v) is 2.17. The largest absolute Gasteiger partial charge is 0.502 e. The second-order valence-corrected chi connectivity index (χ2v) is 3.44. The third kappa shape index (κ3) is 2.51. The maximum atomic E-state index is 12.9. The number of nitrogens with one attached hydrogen (secondary N) is 1. The number of hydrogen-bond donors (Lipinski definition) is 2. The van der Waals surface area contributed by atoms with E-state index >= 15 is 0 Å². The van der Waals surface area contributed by atoms with Crippen molar-refractivity contribution in [2.75, 3.05) is 5.32 Å². The zero-order chi connectivity index (χ0) is 13.1. The van der Waals surface area contributed by atoms with E-state index in [-0.39, 0.29) is 5.82 Å². The van der Waals surface area contributed by atoms with Crippen LogP contribution in [0.2, 0.25) is 0 Å². The lowest BCUT2D eigenvalue weighted by molar-refractivity contribution is -0.385. The number of hydrogen-bond acceptors (Lipinski definition) is 5. The van der Waals surface area contributed by atoms with E-state index in [1.165, 1.54) is 24.4 Å². The summed E-state index contributed by atoms with van der Waals surface area (Å²) >= 11 is 0. The van der Waals surface area contributed by atoms with Gasteiger partial charge in [0.25, 0.3) is 0 Å². The maximum Gasteiger partial charge on any atom is 0.312 e. The lowest BCUT2D eigenvalue weighted by Gasteiger charge is -2.05. The van der Waals surface area contributed by atoms with Crippen LogP contribution in [0.5, 0.6) is 5.75 Å². The SMILES string of the molecule is O=[N+]([O-])c1cc(Nc2cc(F)ccn2)ccc1O. The van der Waals surface area contributed by atoms with E-state index in [2.05, 4.69) is 10.3 Å². The summed E-state index contributed by atoms with van der Waals surface area (Å²) in [7, 11) is 0. The Labute approximate surface area is 101 Å². The number of anilines is 2. The molecule has 2 rings (SSSR count). The monoisotopic (exact) mass is 249 g/mol. The highest BCUT2D eigenvalue weighted by molar-refractivity contribution is 5.63. The van der Waals surface area contributed by atoms with Gasteiger partial charge in [-0.3, -0.25) is 10.1 Å². The van der Waals surface area contributed by atoms with E-state index in [1.807, 2.05) is 0 Å². The number of pyridine rings is 1. The van der Waals surface area contributed by atoms with Crippen molar-refractivity contribution in [2.45, 2.75) is 0 Å². The van der Waals surface area contributed by atoms with E-state index in [1.54, 1.807) is 0 Å². The molecule has 1 aromatic carbocycles. The quantitative estimate of drug-likeness (QED) is 0.495. The summed E-state index contributed by atoms with van der Waals surface area (Å²) in [5.41, 5.74) is -0.103. The molecule has 0 saturated heterocycles. The molecule has 0 bridgehead atoms. The molecule has 0 aliphatic carbocycles. The summed E-state index contributed by atoms with van der Waals surface area (Å²) in [6, 6.07) is 6.08. The Morgan fingerprint density at radius 1 is 1.33 bits per heavy atom. The number of aromatic nitrogens is 1. The fourth-order valence-electron chi connectivity index (χ4n) is 1.37. The molecule has 0 fully saturated rings. The number of phenols is 1. The van der Waals surface area contributed by atoms with Gasteiger partial charge in [-0.2, -0.15) is 0 Å². The molecule has 0 amide bonds. The minimum atomic E-state index is -0.709. The second-order valence-electron chi connectivity index (χ2n) is 3.44. The molecule has 0 radical (unpaired) electrons. The number of nitro groups is 1. The van der Waals surface area contributed by atoms with Crippen molar-refractivity contribution in [3.63, 3.8) is 0 Å². The predicted molar refractivity (Wildman–Crippen MR) is 62.2 cm³/mol. The summed E-state index contributed by atoms with van der Waals surface area (Å²) in [6.45, 7) is 0. The Bertz CT molecular complexity index is 604. The van der Waals surface area contributed by atoms with Gasteiger partial charge >= 0.3 is 5.69 Å². The van der Waals surface area contributed by atoms with Gasteiger partial charge in [0.15, 0.2) is 5.75 Å². The van der Waals surface area contributed by atoms with Gasteiger partial charge in [0.2, 0.25) is 0 Å². The van der Waals surface area contributed by atoms with Crippen molar-refractivity contribution in [3.05, 3.63) is 52.5 Å². The van der Waals surface area contributed by atoms with E-state index in [9.17, 15) is 19.6 Å². The van der Waals surface area contributed by atoms with Gasteiger partial charge in [-0.15, -0.1) is 0 Å². The van der Waals surface area contributed by atoms with Gasteiger partial charge in [0.1, 0.15) is 11.6 Å². The first-order valence-corrected chi connectivity index (χ1v) is 4.92. The molecule has 1 heterocycles. The van der Waals surface area contributed by atoms with Gasteiger partial charge < -0.3 is 10.4 Å². The standard InChI is InChI=1S/C11H8FN3O3/c12-7-3-4-13-11(5-7)14-8-1-2-10(16)9(6-8)15(17)18/h1-6,16H,(H,13,14). The number of nitrogens with zero attached hydrogens (tertiary/aromatic N) is 2. The molecule has 92 valence electrons. The van der Waals surface area contributed by atoms with Gasteiger partial charge in [-0.1, -0.05) is 0 Å². The average Bonchev–Trinajstić information content (AvgIpc) is 2.31. The van der Waals surface area contributed by atoms with Crippen LogP contribution in [0.3, 0.4) is 0 Å². The normalized spacial score (nSPS) is 10.1. The average molecular weight is 249 g/mol. The fourth-order valence-corrected chi connectivity index (χ4v) is 1.37. The molecule has 2 aromatic rings. The molecule has 1 aromatic heterocycles. The molecule has 0 unspecified atom stereocenters. The van der Waals surface area contributed by atoms with Crippen molar-refractivity contribution in [3.8, 4) is 5.75 Å². The topological polar surface area (TPSA) is 88.3 Å². The minimum Gasteiger partial charge on any atom is -0.502 e. The highest BCUT2D eigenvalue weighted by Gasteiger charge is 2.13. The van der Waals surface area contributed by atoms with E-state index in [0.29, 0.717) is 5.69 Å². The van der Waals surface area contributed by atoms with Gasteiger partial charge in [-0.25, -0.2) is 9.37 Å². The maximum absolute atomic E-state index is 12.9. The van der Waals surface area contributed by atoms with Crippen LogP contribution < -0.4 is 5.32 Å². The van der Waals surface area contributed by atoms with Crippen LogP contribution in [0, 0.1) is 15.9 Å². The summed E-state index contributed by atoms with van der Waals surface area (Å²) in [4.78, 5) is 13.8. The minimum absolute atomic E-state index is 0.218. The van der Waals surface area contributed by atoms with Crippen LogP contribution in [-0.2, 0) is 0 Å². The van der Waals surface area contributed by atoms with Gasteiger partial charge in [0.05, 0.1) is 4.92 Å². The molecule has 0 spiro atoms. The van der Waals surface area contributed by atoms with Crippen LogP contribution in [0.25, 0.3) is 0 Å². The van der Waals surface area contributed by atoms with E-state index in [0.717, 1.165) is 12.1 Å². The number of nitro benzene ring substituents is 1. The van der Waals surface area contributed by atoms with Crippen LogP contribution in [0.1, 0.15) is 0 Å². The second kappa shape index (κ2) is 4.66. The smallest absolute Gasteiger partial charge is 0.312 e. The molecule has 0 aliphatic rings. The van der Waals surface area contributed by atoms with Crippen molar-refractivity contribution >= 4 is 17.2 Å². The van der Waals surface area contributed by atoms with Crippen molar-refractivity contribution in [2.24, 2.45) is 0 Å². The molecular weight excluding hydrogens is 241 g/mol. The molecule has 7 heteroatoms.